The Hall–Kier alpha value is -1.51. The van der Waals surface area contributed by atoms with Gasteiger partial charge in [0.15, 0.2) is 0 Å². The van der Waals surface area contributed by atoms with Crippen molar-refractivity contribution in [3.63, 3.8) is 0 Å². The molecule has 2 rings (SSSR count). The van der Waals surface area contributed by atoms with Crippen LogP contribution in [0.5, 0.6) is 5.75 Å². The van der Waals surface area contributed by atoms with Crippen LogP contribution in [-0.4, -0.2) is 18.7 Å². The molecule has 0 heterocycles. The number of carbonyl (C=O) groups excluding carboxylic acids is 1. The highest BCUT2D eigenvalue weighted by atomic mass is 16.5. The Balaban J connectivity index is 1.72. The average molecular weight is 431 g/mol. The lowest BCUT2D eigenvalue weighted by Crippen LogP contribution is -2.28. The molecule has 0 bridgehead atoms. The fraction of sp³-hybridized carbons (Fsp3) is 0.750. The molecule has 3 heteroatoms. The Labute approximate surface area is 191 Å². The largest absolute Gasteiger partial charge is 0.494 e. The molecule has 0 amide bonds. The summed E-state index contributed by atoms with van der Waals surface area (Å²) in [6.45, 7) is 5.20. The van der Waals surface area contributed by atoms with Crippen LogP contribution in [0.1, 0.15) is 128 Å². The minimum Gasteiger partial charge on any atom is -0.494 e. The van der Waals surface area contributed by atoms with Crippen LogP contribution in [0, 0.1) is 0 Å². The number of rotatable bonds is 16. The third-order valence-electron chi connectivity index (χ3n) is 6.52. The molecule has 0 unspecified atom stereocenters. The van der Waals surface area contributed by atoms with Crippen molar-refractivity contribution in [1.29, 1.82) is 0 Å². The van der Waals surface area contributed by atoms with Gasteiger partial charge in [0.2, 0.25) is 0 Å². The molecular weight excluding hydrogens is 384 g/mol. The molecule has 176 valence electrons. The third-order valence-corrected chi connectivity index (χ3v) is 6.52. The molecule has 0 N–H and O–H groups in total. The van der Waals surface area contributed by atoms with Gasteiger partial charge in [0, 0.05) is 12.3 Å². The van der Waals surface area contributed by atoms with Crippen molar-refractivity contribution in [2.24, 2.45) is 0 Å². The van der Waals surface area contributed by atoms with E-state index in [0.29, 0.717) is 12.3 Å². The first kappa shape index (κ1) is 25.7. The third kappa shape index (κ3) is 10.6. The highest BCUT2D eigenvalue weighted by Crippen LogP contribution is 2.36. The van der Waals surface area contributed by atoms with E-state index >= 15 is 0 Å². The van der Waals surface area contributed by atoms with Crippen LogP contribution in [0.4, 0.5) is 0 Å². The number of ether oxygens (including phenoxy) is 2. The predicted octanol–water partition coefficient (Wildman–Crippen LogP) is 8.36. The highest BCUT2D eigenvalue weighted by Gasteiger charge is 2.29. The summed E-state index contributed by atoms with van der Waals surface area (Å²) in [5, 5.41) is 0. The molecule has 0 radical (unpaired) electrons. The molecule has 0 spiro atoms. The van der Waals surface area contributed by atoms with Gasteiger partial charge in [0.05, 0.1) is 6.61 Å². The second-order valence-corrected chi connectivity index (χ2v) is 9.27. The zero-order valence-corrected chi connectivity index (χ0v) is 20.2. The second-order valence-electron chi connectivity index (χ2n) is 9.27. The van der Waals surface area contributed by atoms with Gasteiger partial charge in [-0.05, 0) is 49.8 Å². The normalized spacial score (nSPS) is 18.6. The summed E-state index contributed by atoms with van der Waals surface area (Å²) in [5.41, 5.74) is 1.26. The Bertz CT molecular complexity index is 598. The van der Waals surface area contributed by atoms with Crippen LogP contribution in [0.3, 0.4) is 0 Å². The SMILES string of the molecule is CCCCCCCCCCCC(=O)O[C@@H]1CCCC[C@H]1c1cccc(OCCCC)c1. The van der Waals surface area contributed by atoms with Gasteiger partial charge in [-0.2, -0.15) is 0 Å². The lowest BCUT2D eigenvalue weighted by atomic mass is 9.81. The minimum absolute atomic E-state index is 0.00445. The Kier molecular flexibility index (Phi) is 13.4. The molecule has 1 aromatic carbocycles. The Morgan fingerprint density at radius 1 is 0.871 bits per heavy atom. The molecule has 3 nitrogen and oxygen atoms in total. The van der Waals surface area contributed by atoms with Crippen LogP contribution < -0.4 is 4.74 Å². The lowest BCUT2D eigenvalue weighted by molar-refractivity contribution is -0.151. The summed E-state index contributed by atoms with van der Waals surface area (Å²) in [5.74, 6) is 1.24. The molecule has 0 aliphatic heterocycles. The van der Waals surface area contributed by atoms with Crippen molar-refractivity contribution in [1.82, 2.24) is 0 Å². The van der Waals surface area contributed by atoms with Gasteiger partial charge in [0.25, 0.3) is 0 Å². The van der Waals surface area contributed by atoms with Gasteiger partial charge in [-0.3, -0.25) is 4.79 Å². The molecule has 31 heavy (non-hydrogen) atoms. The van der Waals surface area contributed by atoms with E-state index in [4.69, 9.17) is 9.47 Å². The van der Waals surface area contributed by atoms with Crippen LogP contribution in [-0.2, 0) is 9.53 Å². The Morgan fingerprint density at radius 2 is 1.55 bits per heavy atom. The Morgan fingerprint density at radius 3 is 2.29 bits per heavy atom. The summed E-state index contributed by atoms with van der Waals surface area (Å²) < 4.78 is 11.9. The molecule has 1 aromatic rings. The van der Waals surface area contributed by atoms with Crippen LogP contribution in [0.25, 0.3) is 0 Å². The van der Waals surface area contributed by atoms with Crippen LogP contribution in [0.15, 0.2) is 24.3 Å². The van der Waals surface area contributed by atoms with E-state index in [1.165, 1.54) is 56.9 Å². The van der Waals surface area contributed by atoms with Crippen molar-refractivity contribution in [3.05, 3.63) is 29.8 Å². The number of benzene rings is 1. The van der Waals surface area contributed by atoms with E-state index in [1.807, 2.05) is 6.07 Å². The summed E-state index contributed by atoms with van der Waals surface area (Å²) in [6, 6.07) is 8.44. The number of hydrogen-bond acceptors (Lipinski definition) is 3. The maximum absolute atomic E-state index is 12.5. The second kappa shape index (κ2) is 16.2. The van der Waals surface area contributed by atoms with Crippen molar-refractivity contribution >= 4 is 5.97 Å². The first-order valence-electron chi connectivity index (χ1n) is 13.2. The van der Waals surface area contributed by atoms with Crippen molar-refractivity contribution in [2.45, 2.75) is 129 Å². The highest BCUT2D eigenvalue weighted by molar-refractivity contribution is 5.69. The lowest BCUT2D eigenvalue weighted by Gasteiger charge is -2.31. The number of esters is 1. The van der Waals surface area contributed by atoms with Crippen LogP contribution in [0.2, 0.25) is 0 Å². The monoisotopic (exact) mass is 430 g/mol. The van der Waals surface area contributed by atoms with Gasteiger partial charge in [-0.15, -0.1) is 0 Å². The van der Waals surface area contributed by atoms with Crippen molar-refractivity contribution in [2.75, 3.05) is 6.61 Å². The molecule has 1 aliphatic rings. The van der Waals surface area contributed by atoms with E-state index in [0.717, 1.165) is 57.3 Å². The maximum atomic E-state index is 12.5. The minimum atomic E-state index is -0.00445. The van der Waals surface area contributed by atoms with E-state index in [2.05, 4.69) is 32.0 Å². The smallest absolute Gasteiger partial charge is 0.306 e. The fourth-order valence-electron chi connectivity index (χ4n) is 4.60. The molecule has 1 saturated carbocycles. The molecule has 1 aliphatic carbocycles. The summed E-state index contributed by atoms with van der Waals surface area (Å²) >= 11 is 0. The summed E-state index contributed by atoms with van der Waals surface area (Å²) in [4.78, 5) is 12.5. The van der Waals surface area contributed by atoms with E-state index in [9.17, 15) is 4.79 Å². The molecule has 1 fully saturated rings. The van der Waals surface area contributed by atoms with Gasteiger partial charge >= 0.3 is 5.97 Å². The van der Waals surface area contributed by atoms with Crippen molar-refractivity contribution < 1.29 is 14.3 Å². The van der Waals surface area contributed by atoms with E-state index in [1.54, 1.807) is 0 Å². The molecule has 2 atom stereocenters. The fourth-order valence-corrected chi connectivity index (χ4v) is 4.60. The first-order chi connectivity index (χ1) is 15.2. The van der Waals surface area contributed by atoms with E-state index < -0.39 is 0 Å². The standard InChI is InChI=1S/C28H46O3/c1-3-5-7-8-9-10-11-12-13-21-28(29)31-27-20-15-14-19-26(27)24-17-16-18-25(23-24)30-22-6-4-2/h16-18,23,26-27H,3-15,19-22H2,1-2H3/t26-,27+/m0/s1. The summed E-state index contributed by atoms with van der Waals surface area (Å²) in [6.07, 6.45) is 18.7. The average Bonchev–Trinajstić information content (AvgIpc) is 2.79. The quantitative estimate of drug-likeness (QED) is 0.195. The zero-order chi connectivity index (χ0) is 22.2. The van der Waals surface area contributed by atoms with Gasteiger partial charge in [-0.1, -0.05) is 90.2 Å². The zero-order valence-electron chi connectivity index (χ0n) is 20.2. The van der Waals surface area contributed by atoms with Crippen molar-refractivity contribution in [3.8, 4) is 5.75 Å². The molecule has 0 saturated heterocycles. The maximum Gasteiger partial charge on any atom is 0.306 e. The number of unbranched alkanes of at least 4 members (excludes halogenated alkanes) is 9. The van der Waals surface area contributed by atoms with Gasteiger partial charge < -0.3 is 9.47 Å². The van der Waals surface area contributed by atoms with E-state index in [-0.39, 0.29) is 12.1 Å². The van der Waals surface area contributed by atoms with Crippen LogP contribution >= 0.6 is 0 Å². The number of hydrogen-bond donors (Lipinski definition) is 0. The topological polar surface area (TPSA) is 35.5 Å². The number of carbonyl (C=O) groups is 1. The van der Waals surface area contributed by atoms with Gasteiger partial charge in [0.1, 0.15) is 11.9 Å². The van der Waals surface area contributed by atoms with Gasteiger partial charge in [-0.25, -0.2) is 0 Å². The predicted molar refractivity (Wildman–Crippen MR) is 130 cm³/mol. The summed E-state index contributed by atoms with van der Waals surface area (Å²) in [7, 11) is 0. The molecule has 0 aromatic heterocycles. The first-order valence-corrected chi connectivity index (χ1v) is 13.2. The molecular formula is C28H46O3.